The molecule has 0 atom stereocenters. The van der Waals surface area contributed by atoms with Gasteiger partial charge in [-0.05, 0) is 58.6 Å². The first kappa shape index (κ1) is 15.7. The van der Waals surface area contributed by atoms with E-state index in [9.17, 15) is 4.79 Å². The largest absolute Gasteiger partial charge is 0.321 e. The van der Waals surface area contributed by atoms with Gasteiger partial charge in [0.2, 0.25) is 0 Å². The van der Waals surface area contributed by atoms with Crippen LogP contribution in [0.25, 0.3) is 5.65 Å². The summed E-state index contributed by atoms with van der Waals surface area (Å²) in [7, 11) is 0. The molecule has 0 saturated carbocycles. The highest BCUT2D eigenvalue weighted by molar-refractivity contribution is 9.10. The highest BCUT2D eigenvalue weighted by Gasteiger charge is 2.17. The second-order valence-electron chi connectivity index (χ2n) is 5.85. The van der Waals surface area contributed by atoms with Gasteiger partial charge < -0.3 is 5.32 Å². The summed E-state index contributed by atoms with van der Waals surface area (Å²) in [6.07, 6.45) is 1.85. The number of fused-ring (bicyclic) bond motifs is 1. The lowest BCUT2D eigenvalue weighted by Gasteiger charge is -2.09. The van der Waals surface area contributed by atoms with Gasteiger partial charge in [-0.25, -0.2) is 4.98 Å². The molecule has 0 bridgehead atoms. The molecule has 118 valence electrons. The molecule has 2 heterocycles. The topological polar surface area (TPSA) is 46.4 Å². The summed E-state index contributed by atoms with van der Waals surface area (Å²) in [5.41, 5.74) is 4.04. The van der Waals surface area contributed by atoms with Gasteiger partial charge in [-0.1, -0.05) is 26.0 Å². The van der Waals surface area contributed by atoms with Gasteiger partial charge in [0.1, 0.15) is 11.3 Å². The van der Waals surface area contributed by atoms with Crippen molar-refractivity contribution in [3.05, 3.63) is 64.0 Å². The maximum absolute atomic E-state index is 12.7. The average Bonchev–Trinajstić information content (AvgIpc) is 2.83. The molecule has 1 N–H and O–H groups in total. The number of aryl methyl sites for hydroxylation is 1. The highest BCUT2D eigenvalue weighted by Crippen LogP contribution is 2.20. The van der Waals surface area contributed by atoms with E-state index in [1.165, 1.54) is 5.56 Å². The number of carbonyl (C=O) groups is 1. The summed E-state index contributed by atoms with van der Waals surface area (Å²) in [6.45, 7) is 6.14. The van der Waals surface area contributed by atoms with Crippen LogP contribution in [-0.4, -0.2) is 15.3 Å². The van der Waals surface area contributed by atoms with Crippen LogP contribution >= 0.6 is 15.9 Å². The van der Waals surface area contributed by atoms with Crippen LogP contribution < -0.4 is 5.32 Å². The Hall–Kier alpha value is -2.14. The molecule has 0 spiro atoms. The molecule has 0 unspecified atom stereocenters. The van der Waals surface area contributed by atoms with Gasteiger partial charge in [-0.3, -0.25) is 9.20 Å². The Balaban J connectivity index is 1.91. The summed E-state index contributed by atoms with van der Waals surface area (Å²) in [5.74, 6) is 0.309. The van der Waals surface area contributed by atoms with E-state index < -0.39 is 0 Å². The Kier molecular flexibility index (Phi) is 4.22. The van der Waals surface area contributed by atoms with Gasteiger partial charge in [-0.15, -0.1) is 0 Å². The molecular formula is C18H18BrN3O. The Bertz CT molecular complexity index is 866. The molecule has 2 aromatic heterocycles. The number of rotatable bonds is 3. The zero-order valence-corrected chi connectivity index (χ0v) is 14.9. The number of aromatic nitrogens is 2. The lowest BCUT2D eigenvalue weighted by molar-refractivity contribution is 0.102. The molecule has 4 nitrogen and oxygen atoms in total. The average molecular weight is 372 g/mol. The molecule has 1 aromatic carbocycles. The monoisotopic (exact) mass is 371 g/mol. The van der Waals surface area contributed by atoms with Gasteiger partial charge in [0.15, 0.2) is 0 Å². The number of anilines is 1. The number of amides is 1. The number of benzene rings is 1. The lowest BCUT2D eigenvalue weighted by Crippen LogP contribution is -2.15. The fourth-order valence-electron chi connectivity index (χ4n) is 2.55. The number of nitrogens with one attached hydrogen (secondary N) is 1. The molecule has 0 aliphatic rings. The molecule has 3 rings (SSSR count). The first-order valence-electron chi connectivity index (χ1n) is 7.51. The van der Waals surface area contributed by atoms with E-state index in [2.05, 4.69) is 40.1 Å². The number of halogens is 1. The van der Waals surface area contributed by atoms with Gasteiger partial charge in [0.25, 0.3) is 5.91 Å². The van der Waals surface area contributed by atoms with Gasteiger partial charge in [0, 0.05) is 16.4 Å². The zero-order chi connectivity index (χ0) is 16.6. The fraction of sp³-hybridized carbons (Fsp3) is 0.222. The van der Waals surface area contributed by atoms with Crippen molar-refractivity contribution in [1.29, 1.82) is 0 Å². The molecule has 0 saturated heterocycles. The number of nitrogens with zero attached hydrogens (tertiary/aromatic N) is 2. The van der Waals surface area contributed by atoms with E-state index in [4.69, 9.17) is 0 Å². The van der Waals surface area contributed by atoms with E-state index in [1.807, 2.05) is 49.5 Å². The van der Waals surface area contributed by atoms with Crippen LogP contribution in [0.15, 0.2) is 47.1 Å². The third kappa shape index (κ3) is 3.15. The molecule has 0 aliphatic heterocycles. The zero-order valence-electron chi connectivity index (χ0n) is 13.3. The van der Waals surface area contributed by atoms with Crippen molar-refractivity contribution in [3.8, 4) is 0 Å². The standard InChI is InChI=1S/C18H18BrN3O/c1-11(2)13-4-7-15(8-5-13)21-18(23)17-12(3)20-16-9-6-14(19)10-22(16)17/h4-11H,1-3H3,(H,21,23). The molecule has 1 amide bonds. The van der Waals surface area contributed by atoms with Crippen LogP contribution in [0.2, 0.25) is 0 Å². The van der Waals surface area contributed by atoms with Crippen LogP contribution in [0.3, 0.4) is 0 Å². The number of carbonyl (C=O) groups excluding carboxylic acids is 1. The number of hydrogen-bond donors (Lipinski definition) is 1. The lowest BCUT2D eigenvalue weighted by atomic mass is 10.0. The minimum atomic E-state index is -0.162. The van der Waals surface area contributed by atoms with Gasteiger partial charge in [0.05, 0.1) is 5.69 Å². The Morgan fingerprint density at radius 3 is 2.52 bits per heavy atom. The van der Waals surface area contributed by atoms with Crippen molar-refractivity contribution in [2.24, 2.45) is 0 Å². The van der Waals surface area contributed by atoms with Crippen molar-refractivity contribution < 1.29 is 4.79 Å². The second kappa shape index (κ2) is 6.16. The van der Waals surface area contributed by atoms with Crippen LogP contribution in [0.1, 0.15) is 41.5 Å². The highest BCUT2D eigenvalue weighted by atomic mass is 79.9. The van der Waals surface area contributed by atoms with E-state index in [-0.39, 0.29) is 5.91 Å². The fourth-order valence-corrected chi connectivity index (χ4v) is 2.89. The first-order chi connectivity index (χ1) is 11.0. The van der Waals surface area contributed by atoms with Crippen molar-refractivity contribution in [2.45, 2.75) is 26.7 Å². The Labute approximate surface area is 143 Å². The molecule has 3 aromatic rings. The minimum absolute atomic E-state index is 0.162. The first-order valence-corrected chi connectivity index (χ1v) is 8.30. The molecule has 23 heavy (non-hydrogen) atoms. The quantitative estimate of drug-likeness (QED) is 0.719. The predicted octanol–water partition coefficient (Wildman–Crippen LogP) is 4.78. The van der Waals surface area contributed by atoms with E-state index in [0.29, 0.717) is 17.3 Å². The number of pyridine rings is 1. The number of imidazole rings is 1. The van der Waals surface area contributed by atoms with Crippen molar-refractivity contribution in [1.82, 2.24) is 9.38 Å². The van der Waals surface area contributed by atoms with Crippen molar-refractivity contribution >= 4 is 33.2 Å². The van der Waals surface area contributed by atoms with Crippen LogP contribution in [0, 0.1) is 6.92 Å². The molecular weight excluding hydrogens is 354 g/mol. The predicted molar refractivity (Wildman–Crippen MR) is 96.1 cm³/mol. The summed E-state index contributed by atoms with van der Waals surface area (Å²) in [6, 6.07) is 11.7. The maximum Gasteiger partial charge on any atom is 0.274 e. The van der Waals surface area contributed by atoms with Crippen LogP contribution in [0.4, 0.5) is 5.69 Å². The van der Waals surface area contributed by atoms with E-state index >= 15 is 0 Å². The molecule has 0 radical (unpaired) electrons. The molecule has 5 heteroatoms. The SMILES string of the molecule is Cc1nc2ccc(Br)cn2c1C(=O)Nc1ccc(C(C)C)cc1. The van der Waals surface area contributed by atoms with Crippen molar-refractivity contribution in [3.63, 3.8) is 0 Å². The third-order valence-corrected chi connectivity index (χ3v) is 4.28. The molecule has 0 fully saturated rings. The van der Waals surface area contributed by atoms with E-state index in [0.717, 1.165) is 15.8 Å². The second-order valence-corrected chi connectivity index (χ2v) is 6.77. The Morgan fingerprint density at radius 2 is 1.87 bits per heavy atom. The van der Waals surface area contributed by atoms with E-state index in [1.54, 1.807) is 4.40 Å². The van der Waals surface area contributed by atoms with Gasteiger partial charge >= 0.3 is 0 Å². The Morgan fingerprint density at radius 1 is 1.17 bits per heavy atom. The van der Waals surface area contributed by atoms with Gasteiger partial charge in [-0.2, -0.15) is 0 Å². The van der Waals surface area contributed by atoms with Crippen molar-refractivity contribution in [2.75, 3.05) is 5.32 Å². The minimum Gasteiger partial charge on any atom is -0.321 e. The molecule has 0 aliphatic carbocycles. The summed E-state index contributed by atoms with van der Waals surface area (Å²) in [4.78, 5) is 17.1. The summed E-state index contributed by atoms with van der Waals surface area (Å²) in [5, 5.41) is 2.95. The summed E-state index contributed by atoms with van der Waals surface area (Å²) >= 11 is 3.43. The maximum atomic E-state index is 12.7. The third-order valence-electron chi connectivity index (χ3n) is 3.81. The van der Waals surface area contributed by atoms with Crippen LogP contribution in [-0.2, 0) is 0 Å². The normalized spacial score (nSPS) is 11.2. The summed E-state index contributed by atoms with van der Waals surface area (Å²) < 4.78 is 2.70. The smallest absolute Gasteiger partial charge is 0.274 e. The number of hydrogen-bond acceptors (Lipinski definition) is 2. The van der Waals surface area contributed by atoms with Crippen LogP contribution in [0.5, 0.6) is 0 Å².